The summed E-state index contributed by atoms with van der Waals surface area (Å²) in [5, 5.41) is 4.10. The number of nitrogens with one attached hydrogen (secondary N) is 1. The van der Waals surface area contributed by atoms with Gasteiger partial charge in [-0.15, -0.1) is 0 Å². The van der Waals surface area contributed by atoms with Crippen molar-refractivity contribution >= 4 is 10.1 Å². The van der Waals surface area contributed by atoms with E-state index in [4.69, 9.17) is 10.1 Å². The van der Waals surface area contributed by atoms with Gasteiger partial charge >= 0.3 is 176 Å². The Balaban J connectivity index is 1.31. The molecule has 1 N–H and O–H groups in total. The van der Waals surface area contributed by atoms with Gasteiger partial charge in [-0.1, -0.05) is 0 Å². The van der Waals surface area contributed by atoms with Gasteiger partial charge in [0.15, 0.2) is 0 Å². The molecule has 0 aromatic heterocycles. The number of nitrogens with zero attached hydrogens (tertiary/aromatic N) is 1. The quantitative estimate of drug-likeness (QED) is 0.626. The van der Waals surface area contributed by atoms with E-state index in [1.54, 1.807) is 0 Å². The van der Waals surface area contributed by atoms with Crippen molar-refractivity contribution in [2.75, 3.05) is 13.1 Å². The van der Waals surface area contributed by atoms with E-state index < -0.39 is 0 Å². The van der Waals surface area contributed by atoms with E-state index in [0.29, 0.717) is 11.0 Å². The molecule has 0 aromatic rings. The predicted octanol–water partition coefficient (Wildman–Crippen LogP) is 4.97. The average Bonchev–Trinajstić information content (AvgIpc) is 3.06. The van der Waals surface area contributed by atoms with Gasteiger partial charge in [-0.2, -0.15) is 0 Å². The Bertz CT molecular complexity index is 580. The van der Waals surface area contributed by atoms with Crippen molar-refractivity contribution in [3.05, 3.63) is 0 Å². The van der Waals surface area contributed by atoms with E-state index in [9.17, 15) is 0 Å². The Kier molecular flexibility index (Phi) is 3.67. The fraction of sp³-hybridized carbons (Fsp3) is 1.00. The molecule has 8 saturated carbocycles. The molecule has 2 nitrogen and oxygen atoms in total. The van der Waals surface area contributed by atoms with Crippen LogP contribution in [0.3, 0.4) is 0 Å². The minimum absolute atomic E-state index is 0.0136. The molecule has 0 spiro atoms. The molecule has 0 amide bonds. The van der Waals surface area contributed by atoms with Gasteiger partial charge in [0, 0.05) is 0 Å². The first-order valence-corrected chi connectivity index (χ1v) is 13.6. The second-order valence-electron chi connectivity index (χ2n) is 12.0. The Morgan fingerprint density at radius 3 is 1.59 bits per heavy atom. The molecule has 8 bridgehead atoms. The molecule has 1 aliphatic heterocycles. The van der Waals surface area contributed by atoms with Gasteiger partial charge in [0.25, 0.3) is 0 Å². The summed E-state index contributed by atoms with van der Waals surface area (Å²) in [6.45, 7) is 2.39. The van der Waals surface area contributed by atoms with Gasteiger partial charge in [0.2, 0.25) is 0 Å². The van der Waals surface area contributed by atoms with Crippen LogP contribution < -0.4 is 5.32 Å². The van der Waals surface area contributed by atoms with Crippen LogP contribution in [0.15, 0.2) is 0 Å². The summed E-state index contributed by atoms with van der Waals surface area (Å²) in [4.78, 5) is 3.03. The fourth-order valence-corrected chi connectivity index (χ4v) is 12.6. The van der Waals surface area contributed by atoms with Gasteiger partial charge in [0.05, 0.1) is 0 Å². The molecule has 27 heavy (non-hydrogen) atoms. The third kappa shape index (κ3) is 2.22. The maximum absolute atomic E-state index is 6.94. The summed E-state index contributed by atoms with van der Waals surface area (Å²) in [6, 6.07) is 0. The molecule has 1 unspecified atom stereocenters. The van der Waals surface area contributed by atoms with Crippen LogP contribution in [0, 0.1) is 40.9 Å². The van der Waals surface area contributed by atoms with Gasteiger partial charge in [-0.05, 0) is 0 Å². The molecule has 155 valence electrons. The zero-order valence-corrected chi connectivity index (χ0v) is 18.2. The van der Waals surface area contributed by atoms with Crippen LogP contribution in [0.2, 0.25) is 0 Å². The molecule has 9 rings (SSSR count). The zero-order chi connectivity index (χ0) is 17.9. The summed E-state index contributed by atoms with van der Waals surface area (Å²) < 4.78 is 0.0136. The topological polar surface area (TPSA) is 15.3 Å². The van der Waals surface area contributed by atoms with Crippen LogP contribution in [0.25, 0.3) is 0 Å². The molecule has 1 heterocycles. The van der Waals surface area contributed by atoms with Crippen LogP contribution in [-0.2, 0) is 14.0 Å². The van der Waals surface area contributed by atoms with Crippen LogP contribution in [-0.4, -0.2) is 28.1 Å². The number of halogens is 1. The van der Waals surface area contributed by atoms with E-state index in [1.165, 1.54) is 83.6 Å². The molecule has 1 atom stereocenters. The molecule has 1 saturated heterocycles. The average molecular weight is 439 g/mol. The van der Waals surface area contributed by atoms with Crippen molar-refractivity contribution in [1.29, 1.82) is 0 Å². The van der Waals surface area contributed by atoms with Crippen molar-refractivity contribution in [1.82, 2.24) is 10.2 Å². The molecular weight excluding hydrogens is 403 g/mol. The van der Waals surface area contributed by atoms with Crippen molar-refractivity contribution < 1.29 is 14.0 Å². The first-order valence-electron chi connectivity index (χ1n) is 11.9. The van der Waals surface area contributed by atoms with Crippen molar-refractivity contribution in [2.24, 2.45) is 40.9 Å². The van der Waals surface area contributed by atoms with E-state index in [-0.39, 0.29) is 4.56 Å². The zero-order valence-electron chi connectivity index (χ0n) is 16.5. The Morgan fingerprint density at radius 2 is 1.15 bits per heavy atom. The Labute approximate surface area is 175 Å². The first kappa shape index (κ1) is 17.4. The first-order chi connectivity index (χ1) is 13.1. The number of hydrogen-bond acceptors (Lipinski definition) is 2. The SMILES string of the molecule is [Cl][Cu][C]1(C23CC4CC(CC(C4)C2)C3)NCCN1C12CC3CC(CC(C3)C1)C2. The van der Waals surface area contributed by atoms with E-state index in [0.717, 1.165) is 42.1 Å². The van der Waals surface area contributed by atoms with E-state index in [2.05, 4.69) is 10.2 Å². The number of hydrogen-bond donors (Lipinski definition) is 1. The Hall–Kier alpha value is 0.729. The molecule has 0 aromatic carbocycles. The monoisotopic (exact) mass is 437 g/mol. The fourth-order valence-electron chi connectivity index (χ4n) is 10.6. The van der Waals surface area contributed by atoms with Gasteiger partial charge < -0.3 is 0 Å². The summed E-state index contributed by atoms with van der Waals surface area (Å²) in [7, 11) is 6.94. The summed E-state index contributed by atoms with van der Waals surface area (Å²) in [5.74, 6) is 6.04. The molecule has 9 aliphatic rings. The second-order valence-corrected chi connectivity index (χ2v) is 13.4. The van der Waals surface area contributed by atoms with Crippen LogP contribution in [0.5, 0.6) is 0 Å². The normalized spacial score (nSPS) is 61.4. The third-order valence-corrected chi connectivity index (χ3v) is 12.3. The summed E-state index contributed by atoms with van der Waals surface area (Å²) in [6.07, 6.45) is 18.0. The maximum atomic E-state index is 6.94. The van der Waals surface area contributed by atoms with E-state index in [1.807, 2.05) is 14.0 Å². The number of rotatable bonds is 3. The molecule has 9 fully saturated rings. The standard InChI is InChI=1S/C23H35N2.ClH.Cu/c1-2-25(23-12-18-6-19(13-23)8-20(7-18)14-23)21(24-1)22-9-15-3-16(10-22)5-17(4-15)11-22;;/h15-20,24H,1-14H2;1H;/q;;+1/p-1. The molecule has 4 heteroatoms. The summed E-state index contributed by atoms with van der Waals surface area (Å²) in [5.41, 5.74) is 0.907. The van der Waals surface area contributed by atoms with Crippen LogP contribution in [0.4, 0.5) is 0 Å². The second kappa shape index (κ2) is 5.70. The predicted molar refractivity (Wildman–Crippen MR) is 105 cm³/mol. The molecule has 8 aliphatic carbocycles. The minimum atomic E-state index is 0.0136. The Morgan fingerprint density at radius 1 is 0.704 bits per heavy atom. The van der Waals surface area contributed by atoms with Gasteiger partial charge in [-0.25, -0.2) is 0 Å². The summed E-state index contributed by atoms with van der Waals surface area (Å²) >= 11 is 1.82. The van der Waals surface area contributed by atoms with Crippen molar-refractivity contribution in [3.63, 3.8) is 0 Å². The third-order valence-electron chi connectivity index (χ3n) is 10.4. The van der Waals surface area contributed by atoms with E-state index >= 15 is 0 Å². The van der Waals surface area contributed by atoms with Crippen molar-refractivity contribution in [3.8, 4) is 0 Å². The molecule has 0 radical (unpaired) electrons. The van der Waals surface area contributed by atoms with Crippen molar-refractivity contribution in [2.45, 2.75) is 87.2 Å². The van der Waals surface area contributed by atoms with Crippen LogP contribution >= 0.6 is 10.1 Å². The van der Waals surface area contributed by atoms with Gasteiger partial charge in [-0.3, -0.25) is 0 Å². The van der Waals surface area contributed by atoms with Crippen LogP contribution in [0.1, 0.15) is 77.0 Å². The molecular formula is C23H35ClCuN2. The van der Waals surface area contributed by atoms with Gasteiger partial charge in [0.1, 0.15) is 0 Å².